The van der Waals surface area contributed by atoms with E-state index in [9.17, 15) is 14.4 Å². The minimum absolute atomic E-state index is 0.0113. The Hall–Kier alpha value is -3.61. The fourth-order valence-corrected chi connectivity index (χ4v) is 5.15. The van der Waals surface area contributed by atoms with E-state index in [-0.39, 0.29) is 49.9 Å². The van der Waals surface area contributed by atoms with Crippen LogP contribution in [0.2, 0.25) is 0 Å². The van der Waals surface area contributed by atoms with E-state index in [0.717, 1.165) is 12.8 Å². The number of hydrogen-bond donors (Lipinski definition) is 2. The topological polar surface area (TPSA) is 95.9 Å². The van der Waals surface area contributed by atoms with Gasteiger partial charge in [-0.05, 0) is 47.4 Å². The second-order valence-electron chi connectivity index (χ2n) is 9.01. The lowest BCUT2D eigenvalue weighted by Crippen LogP contribution is -2.37. The molecule has 0 radical (unpaired) electrons. The van der Waals surface area contributed by atoms with E-state index in [1.807, 2.05) is 24.3 Å². The van der Waals surface area contributed by atoms with Crippen molar-refractivity contribution in [1.82, 2.24) is 10.2 Å². The maximum absolute atomic E-state index is 12.5. The number of fused-ring (bicyclic) bond motifs is 3. The summed E-state index contributed by atoms with van der Waals surface area (Å²) in [6.45, 7) is 3.73. The van der Waals surface area contributed by atoms with E-state index in [0.29, 0.717) is 6.42 Å². The first-order valence-corrected chi connectivity index (χ1v) is 11.7. The van der Waals surface area contributed by atoms with Crippen molar-refractivity contribution >= 4 is 18.0 Å². The van der Waals surface area contributed by atoms with Crippen LogP contribution in [0.15, 0.2) is 61.2 Å². The molecule has 34 heavy (non-hydrogen) atoms. The van der Waals surface area contributed by atoms with Crippen LogP contribution < -0.4 is 5.32 Å². The van der Waals surface area contributed by atoms with Crippen LogP contribution in [0.1, 0.15) is 42.7 Å². The zero-order valence-corrected chi connectivity index (χ0v) is 19.1. The summed E-state index contributed by atoms with van der Waals surface area (Å²) in [4.78, 5) is 37.3. The predicted octanol–water partition coefficient (Wildman–Crippen LogP) is 4.18. The number of carbonyl (C=O) groups excluding carboxylic acids is 2. The smallest absolute Gasteiger partial charge is 0.407 e. The van der Waals surface area contributed by atoms with Gasteiger partial charge in [0, 0.05) is 24.9 Å². The number of amides is 2. The number of alkyl carbamates (subject to hydrolysis) is 1. The lowest BCUT2D eigenvalue weighted by molar-refractivity contribution is -0.144. The zero-order valence-electron chi connectivity index (χ0n) is 19.1. The SMILES string of the molecule is C=CCN(CC(=O)O)C(=O)C[C@@H]1CC[C@H](NC(=O)OCC2c3ccccc3-c3ccccc32)C1. The molecule has 2 aromatic rings. The highest BCUT2D eigenvalue weighted by Crippen LogP contribution is 2.44. The molecule has 0 heterocycles. The molecule has 2 aromatic carbocycles. The van der Waals surface area contributed by atoms with Gasteiger partial charge in [-0.1, -0.05) is 54.6 Å². The fourth-order valence-electron chi connectivity index (χ4n) is 5.15. The van der Waals surface area contributed by atoms with Crippen molar-refractivity contribution in [2.24, 2.45) is 5.92 Å². The standard InChI is InChI=1S/C27H30N2O5/c1-2-13-29(16-26(31)32)25(30)15-18-11-12-19(14-18)28-27(33)34-17-24-22-9-5-3-7-20(22)21-8-4-6-10-23(21)24/h2-10,18-19,24H,1,11-17H2,(H,28,33)(H,31,32)/t18-,19+/m1/s1. The van der Waals surface area contributed by atoms with Crippen LogP contribution in [0.25, 0.3) is 11.1 Å². The van der Waals surface area contributed by atoms with Gasteiger partial charge in [0.15, 0.2) is 0 Å². The lowest BCUT2D eigenvalue weighted by Gasteiger charge is -2.21. The highest BCUT2D eigenvalue weighted by Gasteiger charge is 2.31. The molecule has 4 rings (SSSR count). The summed E-state index contributed by atoms with van der Waals surface area (Å²) in [6.07, 6.45) is 3.58. The molecule has 1 saturated carbocycles. The Balaban J connectivity index is 1.27. The largest absolute Gasteiger partial charge is 0.480 e. The predicted molar refractivity (Wildman–Crippen MR) is 128 cm³/mol. The Kier molecular flexibility index (Phi) is 7.30. The first-order chi connectivity index (χ1) is 16.5. The van der Waals surface area contributed by atoms with Crippen LogP contribution in [0.3, 0.4) is 0 Å². The second-order valence-corrected chi connectivity index (χ2v) is 9.01. The molecule has 7 nitrogen and oxygen atoms in total. The summed E-state index contributed by atoms with van der Waals surface area (Å²) in [6, 6.07) is 16.4. The van der Waals surface area contributed by atoms with Crippen molar-refractivity contribution in [3.8, 4) is 11.1 Å². The van der Waals surface area contributed by atoms with Gasteiger partial charge in [-0.3, -0.25) is 9.59 Å². The molecule has 0 saturated heterocycles. The molecule has 0 bridgehead atoms. The minimum Gasteiger partial charge on any atom is -0.480 e. The highest BCUT2D eigenvalue weighted by molar-refractivity contribution is 5.82. The van der Waals surface area contributed by atoms with Gasteiger partial charge >= 0.3 is 12.1 Å². The number of carboxylic acids is 1. The van der Waals surface area contributed by atoms with Crippen LogP contribution in [-0.4, -0.2) is 53.7 Å². The van der Waals surface area contributed by atoms with Crippen molar-refractivity contribution in [1.29, 1.82) is 0 Å². The van der Waals surface area contributed by atoms with E-state index in [4.69, 9.17) is 9.84 Å². The van der Waals surface area contributed by atoms with Crippen LogP contribution in [0.5, 0.6) is 0 Å². The second kappa shape index (κ2) is 10.5. The molecule has 0 aliphatic heterocycles. The van der Waals surface area contributed by atoms with Gasteiger partial charge in [-0.2, -0.15) is 0 Å². The van der Waals surface area contributed by atoms with Gasteiger partial charge < -0.3 is 20.1 Å². The van der Waals surface area contributed by atoms with Gasteiger partial charge in [-0.15, -0.1) is 6.58 Å². The third-order valence-corrected chi connectivity index (χ3v) is 6.70. The summed E-state index contributed by atoms with van der Waals surface area (Å²) in [5.41, 5.74) is 4.70. The van der Waals surface area contributed by atoms with Crippen molar-refractivity contribution in [2.45, 2.75) is 37.6 Å². The number of nitrogens with one attached hydrogen (secondary N) is 1. The van der Waals surface area contributed by atoms with Crippen LogP contribution in [0.4, 0.5) is 4.79 Å². The average molecular weight is 463 g/mol. The maximum atomic E-state index is 12.5. The summed E-state index contributed by atoms with van der Waals surface area (Å²) < 4.78 is 5.63. The number of aliphatic carboxylic acids is 1. The van der Waals surface area contributed by atoms with Gasteiger partial charge in [0.05, 0.1) is 0 Å². The number of carboxylic acid groups (broad SMARTS) is 1. The average Bonchev–Trinajstić information content (AvgIpc) is 3.39. The van der Waals surface area contributed by atoms with Crippen molar-refractivity contribution in [2.75, 3.05) is 19.7 Å². The van der Waals surface area contributed by atoms with Gasteiger partial charge in [0.2, 0.25) is 5.91 Å². The Morgan fingerprint density at radius 1 is 1.06 bits per heavy atom. The molecular formula is C27H30N2O5. The first kappa shape index (κ1) is 23.5. The molecule has 178 valence electrons. The third kappa shape index (κ3) is 5.30. The Bertz CT molecular complexity index is 1040. The Morgan fingerprint density at radius 2 is 1.71 bits per heavy atom. The molecule has 1 fully saturated rings. The number of nitrogens with zero attached hydrogens (tertiary/aromatic N) is 1. The molecule has 7 heteroatoms. The molecule has 2 atom stereocenters. The molecule has 0 unspecified atom stereocenters. The summed E-state index contributed by atoms with van der Waals surface area (Å²) >= 11 is 0. The van der Waals surface area contributed by atoms with Crippen LogP contribution >= 0.6 is 0 Å². The van der Waals surface area contributed by atoms with Crippen molar-refractivity contribution in [3.05, 3.63) is 72.3 Å². The zero-order chi connectivity index (χ0) is 24.1. The van der Waals surface area contributed by atoms with E-state index >= 15 is 0 Å². The van der Waals surface area contributed by atoms with Gasteiger partial charge in [0.25, 0.3) is 0 Å². The monoisotopic (exact) mass is 462 g/mol. The van der Waals surface area contributed by atoms with Gasteiger partial charge in [0.1, 0.15) is 13.2 Å². The van der Waals surface area contributed by atoms with Crippen LogP contribution in [-0.2, 0) is 14.3 Å². The number of benzene rings is 2. The molecule has 2 N–H and O–H groups in total. The summed E-state index contributed by atoms with van der Waals surface area (Å²) in [5.74, 6) is -1.13. The number of rotatable bonds is 9. The molecular weight excluding hydrogens is 432 g/mol. The van der Waals surface area contributed by atoms with Crippen LogP contribution in [0, 0.1) is 5.92 Å². The van der Waals surface area contributed by atoms with Crippen molar-refractivity contribution < 1.29 is 24.2 Å². The first-order valence-electron chi connectivity index (χ1n) is 11.7. The molecule has 0 spiro atoms. The minimum atomic E-state index is -1.04. The Labute approximate surface area is 199 Å². The number of hydrogen-bond acceptors (Lipinski definition) is 4. The molecule has 2 aliphatic rings. The molecule has 2 amide bonds. The van der Waals surface area contributed by atoms with E-state index in [1.54, 1.807) is 0 Å². The van der Waals surface area contributed by atoms with E-state index < -0.39 is 12.1 Å². The summed E-state index contributed by atoms with van der Waals surface area (Å²) in [5, 5.41) is 12.0. The van der Waals surface area contributed by atoms with E-state index in [1.165, 1.54) is 33.2 Å². The van der Waals surface area contributed by atoms with Gasteiger partial charge in [-0.25, -0.2) is 4.79 Å². The molecule has 0 aromatic heterocycles. The normalized spacial score (nSPS) is 18.6. The summed E-state index contributed by atoms with van der Waals surface area (Å²) in [7, 11) is 0. The number of carbonyl (C=O) groups is 3. The lowest BCUT2D eigenvalue weighted by atomic mass is 9.98. The van der Waals surface area contributed by atoms with E-state index in [2.05, 4.69) is 36.2 Å². The third-order valence-electron chi connectivity index (χ3n) is 6.70. The highest BCUT2D eigenvalue weighted by atomic mass is 16.5. The number of ether oxygens (including phenoxy) is 1. The quantitative estimate of drug-likeness (QED) is 0.545. The molecule has 2 aliphatic carbocycles. The Morgan fingerprint density at radius 3 is 2.32 bits per heavy atom. The maximum Gasteiger partial charge on any atom is 0.407 e. The fraction of sp³-hybridized carbons (Fsp3) is 0.370. The van der Waals surface area contributed by atoms with Crippen molar-refractivity contribution in [3.63, 3.8) is 0 Å².